The van der Waals surface area contributed by atoms with Gasteiger partial charge in [0.1, 0.15) is 0 Å². The van der Waals surface area contributed by atoms with Gasteiger partial charge in [-0.1, -0.05) is 84.5 Å². The van der Waals surface area contributed by atoms with Crippen molar-refractivity contribution in [2.75, 3.05) is 0 Å². The van der Waals surface area contributed by atoms with Crippen molar-refractivity contribution in [1.82, 2.24) is 0 Å². The van der Waals surface area contributed by atoms with Gasteiger partial charge in [-0.25, -0.2) is 0 Å². The molecule has 0 fully saturated rings. The Hall–Kier alpha value is 1.55. The quantitative estimate of drug-likeness (QED) is 0.221. The van der Waals surface area contributed by atoms with Crippen LogP contribution in [0, 0.1) is 0 Å². The third kappa shape index (κ3) is 36.0. The van der Waals surface area contributed by atoms with E-state index in [0.717, 1.165) is 0 Å². The van der Waals surface area contributed by atoms with Gasteiger partial charge in [0.05, 0.1) is 0 Å². The van der Waals surface area contributed by atoms with Gasteiger partial charge in [0.2, 0.25) is 0 Å². The van der Waals surface area contributed by atoms with E-state index in [4.69, 9.17) is 13.0 Å². The van der Waals surface area contributed by atoms with E-state index in [1.807, 2.05) is 0 Å². The summed E-state index contributed by atoms with van der Waals surface area (Å²) in [5.74, 6) is 0. The Labute approximate surface area is 158 Å². The molecule has 0 spiro atoms. The predicted octanol–water partition coefficient (Wildman–Crippen LogP) is 2.09. The fraction of sp³-hybridized carbons (Fsp3) is 1.00. The van der Waals surface area contributed by atoms with Crippen molar-refractivity contribution in [3.63, 3.8) is 0 Å². The zero-order valence-corrected chi connectivity index (χ0v) is 16.4. The second-order valence-electron chi connectivity index (χ2n) is 4.40. The third-order valence-electron chi connectivity index (χ3n) is 2.71. The summed E-state index contributed by atoms with van der Waals surface area (Å²) in [5, 5.41) is 0. The summed E-state index contributed by atoms with van der Waals surface area (Å²) in [5.41, 5.74) is 0. The molecule has 0 heterocycles. The van der Waals surface area contributed by atoms with Crippen LogP contribution < -0.4 is 51.4 Å². The summed E-state index contributed by atoms with van der Waals surface area (Å²) < 4.78 is 24.1. The molecule has 5 heteroatoms. The molecule has 0 amide bonds. The zero-order chi connectivity index (χ0) is 13.4. The molecule has 0 atom stereocenters. The molecular formula is C13H29KO3S. The first-order chi connectivity index (χ1) is 8.15. The SMILES string of the molecule is CCCCCCCCCCCCC.O=[S-](=O)O.[K+]. The van der Waals surface area contributed by atoms with Crippen LogP contribution in [0.2, 0.25) is 0 Å². The maximum absolute atomic E-state index is 8.56. The topological polar surface area (TPSA) is 54.4 Å². The molecule has 0 aromatic rings. The molecule has 0 aliphatic heterocycles. The molecule has 18 heavy (non-hydrogen) atoms. The molecule has 106 valence electrons. The number of unbranched alkanes of at least 4 members (excludes halogenated alkanes) is 10. The van der Waals surface area contributed by atoms with Crippen molar-refractivity contribution in [3.05, 3.63) is 0 Å². The summed E-state index contributed by atoms with van der Waals surface area (Å²) in [6, 6.07) is 0. The second-order valence-corrected chi connectivity index (χ2v) is 4.83. The van der Waals surface area contributed by atoms with Gasteiger partial charge in [-0.2, -0.15) is 0 Å². The van der Waals surface area contributed by atoms with Crippen molar-refractivity contribution < 1.29 is 64.4 Å². The van der Waals surface area contributed by atoms with Gasteiger partial charge in [0.15, 0.2) is 0 Å². The molecule has 0 aromatic carbocycles. The van der Waals surface area contributed by atoms with Gasteiger partial charge in [-0.15, -0.1) is 0 Å². The molecule has 1 N–H and O–H groups in total. The molecule has 0 aromatic heterocycles. The molecular weight excluding hydrogens is 275 g/mol. The maximum Gasteiger partial charge on any atom is 1.00 e. The fourth-order valence-electron chi connectivity index (χ4n) is 1.74. The molecule has 3 nitrogen and oxygen atoms in total. The van der Waals surface area contributed by atoms with Gasteiger partial charge >= 0.3 is 51.4 Å². The zero-order valence-electron chi connectivity index (χ0n) is 12.5. The Kier molecular flexibility index (Phi) is 32.2. The van der Waals surface area contributed by atoms with Crippen LogP contribution in [0.3, 0.4) is 0 Å². The fourth-order valence-corrected chi connectivity index (χ4v) is 1.74. The number of hydrogen-bond acceptors (Lipinski definition) is 3. The second kappa shape index (κ2) is 23.6. The van der Waals surface area contributed by atoms with Gasteiger partial charge in [0, 0.05) is 11.0 Å². The number of rotatable bonds is 10. The standard InChI is InChI=1S/C13H28.K.HO3S/c1-3-5-7-9-11-13-12-10-8-6-4-2;;1-4(2)3/h3-13H2,1-2H3;;(H,1,2,3)/q;+1;-1. The molecule has 0 saturated heterocycles. The Morgan fingerprint density at radius 3 is 1.00 bits per heavy atom. The van der Waals surface area contributed by atoms with E-state index in [1.165, 1.54) is 70.6 Å². The smallest absolute Gasteiger partial charge is 0.439 e. The van der Waals surface area contributed by atoms with Crippen molar-refractivity contribution in [2.45, 2.75) is 84.5 Å². The Bertz CT molecular complexity index is 179. The average Bonchev–Trinajstić information content (AvgIpc) is 2.26. The summed E-state index contributed by atoms with van der Waals surface area (Å²) >= 11 is 0. The van der Waals surface area contributed by atoms with Crippen LogP contribution in [0.25, 0.3) is 0 Å². The minimum absolute atomic E-state index is 0. The predicted molar refractivity (Wildman–Crippen MR) is 73.5 cm³/mol. The van der Waals surface area contributed by atoms with E-state index in [1.54, 1.807) is 0 Å². The molecule has 0 aliphatic rings. The first kappa shape index (κ1) is 24.6. The van der Waals surface area contributed by atoms with E-state index in [9.17, 15) is 0 Å². The minimum Gasteiger partial charge on any atom is -0.439 e. The summed E-state index contributed by atoms with van der Waals surface area (Å²) in [4.78, 5) is 0. The first-order valence-corrected chi connectivity index (χ1v) is 7.96. The van der Waals surface area contributed by atoms with Gasteiger partial charge in [0.25, 0.3) is 0 Å². The molecule has 0 saturated carbocycles. The minimum atomic E-state index is -2.86. The first-order valence-electron chi connectivity index (χ1n) is 6.93. The van der Waals surface area contributed by atoms with Crippen molar-refractivity contribution >= 4 is 11.0 Å². The molecule has 0 aliphatic carbocycles. The molecule has 0 unspecified atom stereocenters. The molecule has 0 rings (SSSR count). The third-order valence-corrected chi connectivity index (χ3v) is 2.71. The van der Waals surface area contributed by atoms with Crippen molar-refractivity contribution in [3.8, 4) is 0 Å². The van der Waals surface area contributed by atoms with E-state index >= 15 is 0 Å². The van der Waals surface area contributed by atoms with E-state index in [2.05, 4.69) is 13.8 Å². The monoisotopic (exact) mass is 304 g/mol. The normalized spacial score (nSPS) is 9.56. The van der Waals surface area contributed by atoms with Crippen molar-refractivity contribution in [2.24, 2.45) is 0 Å². The van der Waals surface area contributed by atoms with Crippen molar-refractivity contribution in [1.29, 1.82) is 0 Å². The number of hydrogen-bond donors (Lipinski definition) is 1. The van der Waals surface area contributed by atoms with Gasteiger partial charge in [-0.05, 0) is 0 Å². The van der Waals surface area contributed by atoms with E-state index in [0.29, 0.717) is 0 Å². The Morgan fingerprint density at radius 1 is 0.667 bits per heavy atom. The van der Waals surface area contributed by atoms with Gasteiger partial charge in [-0.3, -0.25) is 0 Å². The van der Waals surface area contributed by atoms with E-state index < -0.39 is 11.0 Å². The molecule has 0 bridgehead atoms. The van der Waals surface area contributed by atoms with Crippen LogP contribution in [0.5, 0.6) is 0 Å². The Balaban J connectivity index is -0.000000392. The van der Waals surface area contributed by atoms with Crippen LogP contribution in [0.4, 0.5) is 0 Å². The summed E-state index contributed by atoms with van der Waals surface area (Å²) in [6.07, 6.45) is 15.9. The maximum atomic E-state index is 8.56. The van der Waals surface area contributed by atoms with Crippen LogP contribution in [0.15, 0.2) is 0 Å². The van der Waals surface area contributed by atoms with Crippen LogP contribution in [0.1, 0.15) is 84.5 Å². The Morgan fingerprint density at radius 2 is 0.833 bits per heavy atom. The van der Waals surface area contributed by atoms with Crippen LogP contribution >= 0.6 is 0 Å². The van der Waals surface area contributed by atoms with Crippen LogP contribution in [-0.2, 0) is 19.4 Å². The molecule has 0 radical (unpaired) electrons. The largest absolute Gasteiger partial charge is 1.00 e. The average molecular weight is 305 g/mol. The van der Waals surface area contributed by atoms with Crippen LogP contribution in [-0.4, -0.2) is 4.55 Å². The van der Waals surface area contributed by atoms with Gasteiger partial charge < -0.3 is 13.0 Å². The van der Waals surface area contributed by atoms with E-state index in [-0.39, 0.29) is 51.4 Å². The summed E-state index contributed by atoms with van der Waals surface area (Å²) in [7, 11) is -2.86. The summed E-state index contributed by atoms with van der Waals surface area (Å²) in [6.45, 7) is 4.56.